The van der Waals surface area contributed by atoms with Crippen molar-refractivity contribution >= 4 is 86.4 Å². The standard InChI is InChI=1S/C49H59F3N8O7S.3H2S/c1-30(65-6)43-33(10-7-17-53-43)44-35-24-47(2,3)29-67-46(64)36-11-8-20-60(56-36)45(63)37(23-41-55-38(27-68-41)31-12-13-39(34(35)22-31)59(44)28-49(50,51)52)54-40(61)15-21-66-32-25-57(26-32)42(62)14-16-48(4,5)58-18-9-19-58;;;/h7,10,12-13,17,22,27,30,32,36-37,56H,8-9,11,15,18-21,23-26,28-29H2,1-6H3,(H,54,61);3*1H2/t30-,36-,37-;;;/m0.../s1. The topological polar surface area (TPSA) is 160 Å². The summed E-state index contributed by atoms with van der Waals surface area (Å²) in [5.74, 6) is 4.14. The van der Waals surface area contributed by atoms with E-state index in [0.717, 1.165) is 19.5 Å². The minimum atomic E-state index is -4.58. The van der Waals surface area contributed by atoms with Gasteiger partial charge in [0, 0.05) is 91.7 Å². The number of carbonyl (C=O) groups is 4. The minimum absolute atomic E-state index is 0. The Morgan fingerprint density at radius 1 is 1.08 bits per heavy atom. The predicted octanol–water partition coefficient (Wildman–Crippen LogP) is 6.19. The highest BCUT2D eigenvalue weighted by molar-refractivity contribution is 7.59. The lowest BCUT2D eigenvalue weighted by Crippen LogP contribution is -2.60. The van der Waals surface area contributed by atoms with Crippen molar-refractivity contribution in [3.05, 3.63) is 58.2 Å². The van der Waals surface area contributed by atoms with Crippen molar-refractivity contribution in [3.63, 3.8) is 0 Å². The van der Waals surface area contributed by atoms with Crippen molar-refractivity contribution in [2.75, 3.05) is 53.0 Å². The molecule has 0 spiro atoms. The first-order valence-electron chi connectivity index (χ1n) is 23.2. The SMILES string of the molecule is CO[C@@H](C)c1ncccc1-c1c2c3cc(ccc3n1CC(F)(F)F)-c1csc(n1)C[C@H](NC(=O)CCOC1CN(C(=O)C#CC(C)(C)N3CCC3)C1)C(=O)N1CCC[C@H](N1)C(=O)OCC(C)(C)C2.S.S.S. The van der Waals surface area contributed by atoms with E-state index in [1.165, 1.54) is 28.0 Å². The van der Waals surface area contributed by atoms with Gasteiger partial charge in [0.2, 0.25) is 5.91 Å². The fourth-order valence-corrected chi connectivity index (χ4v) is 9.96. The van der Waals surface area contributed by atoms with E-state index in [0.29, 0.717) is 75.6 Å². The van der Waals surface area contributed by atoms with Gasteiger partial charge in [0.25, 0.3) is 11.8 Å². The highest BCUT2D eigenvalue weighted by atomic mass is 32.1. The van der Waals surface area contributed by atoms with E-state index in [1.807, 2.05) is 39.1 Å². The molecule has 3 atom stereocenters. The molecular formula is C49H65F3N8O7S4. The number of pyridine rings is 1. The number of benzene rings is 1. The summed E-state index contributed by atoms with van der Waals surface area (Å²) in [6, 6.07) is 6.74. The monoisotopic (exact) mass is 1060 g/mol. The number of esters is 1. The van der Waals surface area contributed by atoms with Crippen molar-refractivity contribution in [1.82, 2.24) is 40.1 Å². The lowest BCUT2D eigenvalue weighted by atomic mass is 9.84. The number of methoxy groups -OCH3 is 1. The second-order valence-corrected chi connectivity index (χ2v) is 20.3. The second-order valence-electron chi connectivity index (χ2n) is 19.4. The summed E-state index contributed by atoms with van der Waals surface area (Å²) in [5.41, 5.74) is 5.36. The van der Waals surface area contributed by atoms with Crippen molar-refractivity contribution in [2.45, 2.75) is 116 Å². The van der Waals surface area contributed by atoms with Crippen LogP contribution in [0.1, 0.15) is 82.7 Å². The van der Waals surface area contributed by atoms with Gasteiger partial charge in [-0.2, -0.15) is 53.7 Å². The lowest BCUT2D eigenvalue weighted by molar-refractivity contribution is -0.155. The van der Waals surface area contributed by atoms with E-state index in [9.17, 15) is 32.3 Å². The molecule has 15 nitrogen and oxygen atoms in total. The summed E-state index contributed by atoms with van der Waals surface area (Å²) >= 11 is 1.29. The zero-order valence-electron chi connectivity index (χ0n) is 40.8. The molecule has 0 saturated carbocycles. The van der Waals surface area contributed by atoms with Crippen LogP contribution in [-0.4, -0.2) is 136 Å². The molecule has 0 aliphatic carbocycles. The van der Waals surface area contributed by atoms with Crippen LogP contribution >= 0.6 is 51.8 Å². The molecule has 8 rings (SSSR count). The summed E-state index contributed by atoms with van der Waals surface area (Å²) in [5, 5.41) is 7.17. The maximum absolute atomic E-state index is 14.6. The van der Waals surface area contributed by atoms with Gasteiger partial charge in [-0.25, -0.2) is 10.4 Å². The third-order valence-electron chi connectivity index (χ3n) is 13.1. The maximum atomic E-state index is 14.6. The summed E-state index contributed by atoms with van der Waals surface area (Å²) in [4.78, 5) is 67.6. The number of nitrogens with zero attached hydrogens (tertiary/aromatic N) is 6. The number of nitrogens with one attached hydrogen (secondary N) is 2. The number of amides is 3. The van der Waals surface area contributed by atoms with Gasteiger partial charge in [0.15, 0.2) is 0 Å². The summed E-state index contributed by atoms with van der Waals surface area (Å²) in [6.45, 7) is 11.3. The van der Waals surface area contributed by atoms with Crippen LogP contribution in [0.4, 0.5) is 13.2 Å². The molecule has 4 aliphatic rings. The van der Waals surface area contributed by atoms with Crippen LogP contribution in [-0.2, 0) is 52.8 Å². The molecule has 3 fully saturated rings. The number of rotatable bonds is 10. The number of ether oxygens (including phenoxy) is 3. The van der Waals surface area contributed by atoms with E-state index in [4.69, 9.17) is 19.2 Å². The Bertz CT molecular complexity index is 2620. The molecule has 0 radical (unpaired) electrons. The van der Waals surface area contributed by atoms with Crippen LogP contribution in [0.2, 0.25) is 0 Å². The van der Waals surface area contributed by atoms with Crippen molar-refractivity contribution in [3.8, 4) is 34.4 Å². The van der Waals surface area contributed by atoms with Crippen LogP contribution < -0.4 is 10.7 Å². The zero-order chi connectivity index (χ0) is 48.5. The van der Waals surface area contributed by atoms with Gasteiger partial charge in [0.05, 0.1) is 53.1 Å². The first kappa shape index (κ1) is 57.6. The van der Waals surface area contributed by atoms with E-state index < -0.39 is 54.1 Å². The average Bonchev–Trinajstić information content (AvgIpc) is 3.84. The van der Waals surface area contributed by atoms with E-state index >= 15 is 0 Å². The van der Waals surface area contributed by atoms with Crippen LogP contribution in [0.15, 0.2) is 41.9 Å². The van der Waals surface area contributed by atoms with Crippen LogP contribution in [0.5, 0.6) is 0 Å². The zero-order valence-corrected chi connectivity index (χ0v) is 44.7. The van der Waals surface area contributed by atoms with Crippen LogP contribution in [0, 0.1) is 17.3 Å². The molecule has 388 valence electrons. The molecule has 3 amide bonds. The fourth-order valence-electron chi connectivity index (χ4n) is 9.11. The van der Waals surface area contributed by atoms with E-state index in [-0.39, 0.29) is 97.1 Å². The van der Waals surface area contributed by atoms with Crippen molar-refractivity contribution < 1.29 is 46.6 Å². The number of alkyl halides is 3. The molecule has 7 heterocycles. The number of hydrogen-bond donors (Lipinski definition) is 2. The molecule has 6 bridgehead atoms. The normalized spacial score (nSPS) is 20.1. The van der Waals surface area contributed by atoms with Gasteiger partial charge in [-0.3, -0.25) is 34.1 Å². The number of cyclic esters (lactones) is 1. The minimum Gasteiger partial charge on any atom is -0.464 e. The molecular weight excluding hydrogens is 998 g/mol. The number of hydrazine groups is 1. The van der Waals surface area contributed by atoms with Gasteiger partial charge in [0.1, 0.15) is 18.6 Å². The average molecular weight is 1060 g/mol. The molecule has 3 aromatic heterocycles. The number of halogens is 3. The number of likely N-dealkylation sites (tertiary alicyclic amines) is 2. The Balaban J connectivity index is 0.00000312. The van der Waals surface area contributed by atoms with Crippen molar-refractivity contribution in [1.29, 1.82) is 0 Å². The van der Waals surface area contributed by atoms with Crippen LogP contribution in [0.3, 0.4) is 0 Å². The molecule has 3 saturated heterocycles. The number of fused-ring (bicyclic) bond motifs is 6. The van der Waals surface area contributed by atoms with Gasteiger partial charge in [-0.15, -0.1) is 11.3 Å². The number of aromatic nitrogens is 3. The third-order valence-corrected chi connectivity index (χ3v) is 14.0. The Morgan fingerprint density at radius 2 is 1.83 bits per heavy atom. The first-order valence-corrected chi connectivity index (χ1v) is 24.0. The Labute approximate surface area is 437 Å². The van der Waals surface area contributed by atoms with Crippen LogP contribution in [0.25, 0.3) is 33.4 Å². The molecule has 71 heavy (non-hydrogen) atoms. The van der Waals surface area contributed by atoms with Gasteiger partial charge < -0.3 is 29.0 Å². The smallest absolute Gasteiger partial charge is 0.406 e. The summed E-state index contributed by atoms with van der Waals surface area (Å²) in [7, 11) is 1.52. The first-order chi connectivity index (χ1) is 32.3. The molecule has 1 aromatic carbocycles. The molecule has 4 aliphatic heterocycles. The number of carbonyl (C=O) groups excluding carboxylic acids is 4. The van der Waals surface area contributed by atoms with Gasteiger partial charge >= 0.3 is 12.1 Å². The van der Waals surface area contributed by atoms with E-state index in [2.05, 4.69) is 32.5 Å². The maximum Gasteiger partial charge on any atom is 0.406 e. The Hall–Kier alpha value is -4.34. The van der Waals surface area contributed by atoms with Gasteiger partial charge in [-0.05, 0) is 82.2 Å². The van der Waals surface area contributed by atoms with Crippen molar-refractivity contribution in [2.24, 2.45) is 5.41 Å². The Morgan fingerprint density at radius 3 is 2.52 bits per heavy atom. The highest BCUT2D eigenvalue weighted by Gasteiger charge is 2.38. The lowest BCUT2D eigenvalue weighted by Gasteiger charge is -2.41. The Kier molecular flexibility index (Phi) is 19.2. The summed E-state index contributed by atoms with van der Waals surface area (Å²) in [6.07, 6.45) is -1.60. The molecule has 0 unspecified atom stereocenters. The molecule has 4 aromatic rings. The quantitative estimate of drug-likeness (QED) is 0.138. The predicted molar refractivity (Wildman–Crippen MR) is 280 cm³/mol. The summed E-state index contributed by atoms with van der Waals surface area (Å²) < 4.78 is 62.6. The fraction of sp³-hybridized carbons (Fsp3) is 0.551. The highest BCUT2D eigenvalue weighted by Crippen LogP contribution is 2.43. The molecule has 2 N–H and O–H groups in total. The largest absolute Gasteiger partial charge is 0.464 e. The van der Waals surface area contributed by atoms with Gasteiger partial charge in [-0.1, -0.05) is 25.8 Å². The van der Waals surface area contributed by atoms with E-state index in [1.54, 1.807) is 42.3 Å². The third kappa shape index (κ3) is 13.4. The second kappa shape index (κ2) is 23.7. The number of hydrogen-bond acceptors (Lipinski definition) is 12. The molecule has 22 heteroatoms. The number of thiazole rings is 1.